The summed E-state index contributed by atoms with van der Waals surface area (Å²) in [4.78, 5) is 14.9. The smallest absolute Gasteiger partial charge is 0.322 e. The van der Waals surface area contributed by atoms with Crippen LogP contribution in [-0.4, -0.2) is 43.0 Å². The highest BCUT2D eigenvalue weighted by atomic mass is 35.5. The number of amides is 2. The van der Waals surface area contributed by atoms with Gasteiger partial charge in [-0.15, -0.1) is 0 Å². The van der Waals surface area contributed by atoms with E-state index in [4.69, 9.17) is 25.8 Å². The quantitative estimate of drug-likeness (QED) is 0.790. The topological polar surface area (TPSA) is 60.0 Å². The van der Waals surface area contributed by atoms with E-state index in [1.165, 1.54) is 0 Å². The van der Waals surface area contributed by atoms with Crippen molar-refractivity contribution in [1.29, 1.82) is 0 Å². The Hall–Kier alpha value is -2.28. The number of nitrogens with zero attached hydrogens (tertiary/aromatic N) is 1. The molecule has 1 N–H and O–H groups in total. The molecule has 2 heterocycles. The van der Waals surface area contributed by atoms with Crippen molar-refractivity contribution >= 4 is 23.3 Å². The molecule has 2 saturated heterocycles. The van der Waals surface area contributed by atoms with Crippen molar-refractivity contribution < 1.29 is 19.0 Å². The highest BCUT2D eigenvalue weighted by molar-refractivity contribution is 6.31. The molecule has 7 heteroatoms. The van der Waals surface area contributed by atoms with E-state index in [0.29, 0.717) is 42.0 Å². The van der Waals surface area contributed by atoms with Crippen LogP contribution in [0.15, 0.2) is 48.5 Å². The molecule has 148 valence electrons. The Morgan fingerprint density at radius 3 is 2.68 bits per heavy atom. The molecule has 0 bridgehead atoms. The first kappa shape index (κ1) is 19.1. The Morgan fingerprint density at radius 1 is 1.11 bits per heavy atom. The summed E-state index contributed by atoms with van der Waals surface area (Å²) in [6.45, 7) is 1.80. The summed E-state index contributed by atoms with van der Waals surface area (Å²) in [7, 11) is 0. The van der Waals surface area contributed by atoms with E-state index in [2.05, 4.69) is 5.32 Å². The third-order valence-corrected chi connectivity index (χ3v) is 5.16. The summed E-state index contributed by atoms with van der Waals surface area (Å²) in [6.07, 6.45) is 2.52. The van der Waals surface area contributed by atoms with E-state index >= 15 is 0 Å². The van der Waals surface area contributed by atoms with Crippen molar-refractivity contribution in [3.8, 4) is 11.5 Å². The number of ether oxygens (including phenoxy) is 3. The molecule has 1 atom stereocenters. The van der Waals surface area contributed by atoms with E-state index in [0.717, 1.165) is 19.3 Å². The Morgan fingerprint density at radius 2 is 1.89 bits per heavy atom. The van der Waals surface area contributed by atoms with E-state index in [-0.39, 0.29) is 18.4 Å². The number of likely N-dealkylation sites (tertiary alicyclic amines) is 1. The second-order valence-electron chi connectivity index (χ2n) is 6.85. The number of hydrogen-bond donors (Lipinski definition) is 1. The third kappa shape index (κ3) is 4.41. The predicted molar refractivity (Wildman–Crippen MR) is 107 cm³/mol. The van der Waals surface area contributed by atoms with Crippen molar-refractivity contribution in [2.45, 2.75) is 31.6 Å². The molecule has 28 heavy (non-hydrogen) atoms. The molecule has 0 saturated carbocycles. The number of para-hydroxylation sites is 1. The van der Waals surface area contributed by atoms with Gasteiger partial charge in [-0.2, -0.15) is 0 Å². The molecule has 6 nitrogen and oxygen atoms in total. The monoisotopic (exact) mass is 402 g/mol. The van der Waals surface area contributed by atoms with Gasteiger partial charge in [0.1, 0.15) is 5.75 Å². The van der Waals surface area contributed by atoms with Crippen LogP contribution < -0.4 is 10.1 Å². The summed E-state index contributed by atoms with van der Waals surface area (Å²) < 4.78 is 17.2. The number of carbonyl (C=O) groups excluding carboxylic acids is 1. The normalized spacial score (nSPS) is 20.2. The van der Waals surface area contributed by atoms with Gasteiger partial charge in [-0.1, -0.05) is 29.8 Å². The average molecular weight is 403 g/mol. The fraction of sp³-hybridized carbons (Fsp3) is 0.381. The van der Waals surface area contributed by atoms with Crippen LogP contribution in [0.4, 0.5) is 10.5 Å². The van der Waals surface area contributed by atoms with E-state index in [9.17, 15) is 4.79 Å². The van der Waals surface area contributed by atoms with Crippen molar-refractivity contribution in [2.24, 2.45) is 0 Å². The van der Waals surface area contributed by atoms with Gasteiger partial charge in [0.2, 0.25) is 0 Å². The number of halogens is 1. The zero-order chi connectivity index (χ0) is 19.3. The summed E-state index contributed by atoms with van der Waals surface area (Å²) in [5, 5.41) is 3.48. The van der Waals surface area contributed by atoms with Gasteiger partial charge in [0.05, 0.1) is 24.9 Å². The third-order valence-electron chi connectivity index (χ3n) is 4.93. The summed E-state index contributed by atoms with van der Waals surface area (Å²) >= 11 is 6.16. The molecule has 0 aliphatic carbocycles. The van der Waals surface area contributed by atoms with Crippen LogP contribution in [0.2, 0.25) is 5.02 Å². The molecule has 0 spiro atoms. The zero-order valence-electron chi connectivity index (χ0n) is 15.5. The number of benzene rings is 2. The first-order valence-corrected chi connectivity index (χ1v) is 9.92. The molecule has 2 fully saturated rings. The van der Waals surface area contributed by atoms with Crippen LogP contribution in [0.5, 0.6) is 11.5 Å². The van der Waals surface area contributed by atoms with Crippen LogP contribution in [0.25, 0.3) is 0 Å². The zero-order valence-corrected chi connectivity index (χ0v) is 16.2. The minimum Gasteiger partial charge on any atom is -0.455 e. The van der Waals surface area contributed by atoms with E-state index in [1.54, 1.807) is 23.1 Å². The highest BCUT2D eigenvalue weighted by Crippen LogP contribution is 2.33. The summed E-state index contributed by atoms with van der Waals surface area (Å²) in [5.41, 5.74) is 0.527. The minimum atomic E-state index is -0.356. The van der Waals surface area contributed by atoms with Gasteiger partial charge in [0.15, 0.2) is 12.0 Å². The average Bonchev–Trinajstić information content (AvgIpc) is 3.25. The fourth-order valence-electron chi connectivity index (χ4n) is 3.58. The van der Waals surface area contributed by atoms with E-state index < -0.39 is 0 Å². The second-order valence-corrected chi connectivity index (χ2v) is 7.29. The number of urea groups is 1. The Bertz CT molecular complexity index is 811. The SMILES string of the molecule is O=C(Nc1cc(Cl)ccc1Oc1ccccc1)N1CCCCC1C1OCCO1. The van der Waals surface area contributed by atoms with Gasteiger partial charge < -0.3 is 24.4 Å². The van der Waals surface area contributed by atoms with Crippen LogP contribution in [0.1, 0.15) is 19.3 Å². The number of carbonyl (C=O) groups is 1. The van der Waals surface area contributed by atoms with Gasteiger partial charge in [0.25, 0.3) is 0 Å². The summed E-state index contributed by atoms with van der Waals surface area (Å²) in [5.74, 6) is 1.22. The maximum absolute atomic E-state index is 13.1. The molecule has 0 radical (unpaired) electrons. The Labute approximate surface area is 169 Å². The Balaban J connectivity index is 1.52. The number of hydrogen-bond acceptors (Lipinski definition) is 4. The molecule has 2 aliphatic rings. The maximum Gasteiger partial charge on any atom is 0.322 e. The largest absolute Gasteiger partial charge is 0.455 e. The van der Waals surface area contributed by atoms with Gasteiger partial charge in [-0.05, 0) is 49.6 Å². The van der Waals surface area contributed by atoms with Gasteiger partial charge in [-0.3, -0.25) is 0 Å². The lowest BCUT2D eigenvalue weighted by Gasteiger charge is -2.37. The van der Waals surface area contributed by atoms with Crippen molar-refractivity contribution in [3.63, 3.8) is 0 Å². The van der Waals surface area contributed by atoms with Crippen LogP contribution >= 0.6 is 11.6 Å². The van der Waals surface area contributed by atoms with Crippen LogP contribution in [0, 0.1) is 0 Å². The lowest BCUT2D eigenvalue weighted by atomic mass is 10.0. The molecule has 2 aliphatic heterocycles. The molecule has 0 aromatic heterocycles. The number of piperidine rings is 1. The molecular formula is C21H23ClN2O4. The maximum atomic E-state index is 13.1. The number of anilines is 1. The van der Waals surface area contributed by atoms with Crippen LogP contribution in [-0.2, 0) is 9.47 Å². The second kappa shape index (κ2) is 8.82. The van der Waals surface area contributed by atoms with Crippen molar-refractivity contribution in [3.05, 3.63) is 53.6 Å². The molecular weight excluding hydrogens is 380 g/mol. The lowest BCUT2D eigenvalue weighted by Crippen LogP contribution is -2.51. The van der Waals surface area contributed by atoms with Gasteiger partial charge >= 0.3 is 6.03 Å². The van der Waals surface area contributed by atoms with E-state index in [1.807, 2.05) is 30.3 Å². The number of rotatable bonds is 4. The highest BCUT2D eigenvalue weighted by Gasteiger charge is 2.36. The van der Waals surface area contributed by atoms with Crippen LogP contribution in [0.3, 0.4) is 0 Å². The molecule has 2 aromatic rings. The molecule has 2 amide bonds. The van der Waals surface area contributed by atoms with Crippen molar-refractivity contribution in [2.75, 3.05) is 25.1 Å². The minimum absolute atomic E-state index is 0.0890. The molecule has 2 aromatic carbocycles. The van der Waals surface area contributed by atoms with Crippen molar-refractivity contribution in [1.82, 2.24) is 4.90 Å². The van der Waals surface area contributed by atoms with Gasteiger partial charge in [-0.25, -0.2) is 4.79 Å². The number of nitrogens with one attached hydrogen (secondary N) is 1. The Kier molecular flexibility index (Phi) is 6.00. The van der Waals surface area contributed by atoms with Gasteiger partial charge in [0, 0.05) is 11.6 Å². The fourth-order valence-corrected chi connectivity index (χ4v) is 3.75. The molecule has 4 rings (SSSR count). The first-order chi connectivity index (χ1) is 13.7. The summed E-state index contributed by atoms with van der Waals surface area (Å²) in [6, 6.07) is 14.3. The first-order valence-electron chi connectivity index (χ1n) is 9.54. The standard InChI is InChI=1S/C21H23ClN2O4/c22-15-9-10-19(28-16-6-2-1-3-7-16)17(14-15)23-21(25)24-11-5-4-8-18(24)20-26-12-13-27-20/h1-3,6-7,9-10,14,18,20H,4-5,8,11-13H2,(H,23,25). The predicted octanol–water partition coefficient (Wildman–Crippen LogP) is 4.89. The molecule has 1 unspecified atom stereocenters. The lowest BCUT2D eigenvalue weighted by molar-refractivity contribution is -0.0973.